The van der Waals surface area contributed by atoms with Gasteiger partial charge in [0.1, 0.15) is 5.78 Å². The SMILES string of the molecule is CC1C(CO[Si](c2ccccc2)(c2ccccc2)C(C)(C)C)C(=O)C[C@H]2[C@H]1CC[C@H]1C(C)(C)C3(CC[C@]21C)OCCO3. The van der Waals surface area contributed by atoms with Crippen molar-refractivity contribution in [2.45, 2.75) is 91.4 Å². The zero-order valence-corrected chi connectivity index (χ0v) is 28.0. The molecule has 3 aliphatic carbocycles. The van der Waals surface area contributed by atoms with E-state index in [0.717, 1.165) is 12.8 Å². The van der Waals surface area contributed by atoms with Gasteiger partial charge in [-0.25, -0.2) is 0 Å². The first-order valence-corrected chi connectivity index (χ1v) is 18.3. The lowest BCUT2D eigenvalue weighted by molar-refractivity contribution is -0.299. The molecule has 0 bridgehead atoms. The van der Waals surface area contributed by atoms with Gasteiger partial charge < -0.3 is 13.9 Å². The quantitative estimate of drug-likeness (QED) is 0.353. The summed E-state index contributed by atoms with van der Waals surface area (Å²) in [7, 11) is -2.70. The lowest BCUT2D eigenvalue weighted by atomic mass is 9.42. The Balaban J connectivity index is 1.28. The second kappa shape index (κ2) is 10.7. The van der Waals surface area contributed by atoms with Crippen molar-refractivity contribution in [1.29, 1.82) is 0 Å². The Morgan fingerprint density at radius 2 is 1.45 bits per heavy atom. The number of rotatable bonds is 5. The molecule has 0 aromatic heterocycles. The molecule has 0 N–H and O–H groups in total. The summed E-state index contributed by atoms with van der Waals surface area (Å²) in [4.78, 5) is 14.2. The van der Waals surface area contributed by atoms with Crippen LogP contribution in [0.5, 0.6) is 0 Å². The van der Waals surface area contributed by atoms with Gasteiger partial charge in [-0.2, -0.15) is 0 Å². The van der Waals surface area contributed by atoms with Crippen LogP contribution in [0.1, 0.15) is 80.6 Å². The van der Waals surface area contributed by atoms with E-state index in [-0.39, 0.29) is 21.8 Å². The summed E-state index contributed by atoms with van der Waals surface area (Å²) in [5.74, 6) is 1.66. The molecule has 0 radical (unpaired) electrons. The van der Waals surface area contributed by atoms with Crippen LogP contribution in [0.25, 0.3) is 0 Å². The Hall–Kier alpha value is -1.79. The minimum atomic E-state index is -2.70. The van der Waals surface area contributed by atoms with Crippen molar-refractivity contribution < 1.29 is 18.7 Å². The third kappa shape index (κ3) is 4.43. The number of hydrogen-bond acceptors (Lipinski definition) is 4. The lowest BCUT2D eigenvalue weighted by Crippen LogP contribution is -2.67. The van der Waals surface area contributed by atoms with E-state index in [0.29, 0.717) is 55.7 Å². The van der Waals surface area contributed by atoms with Crippen molar-refractivity contribution in [3.8, 4) is 0 Å². The monoisotopic (exact) mass is 588 g/mol. The summed E-state index contributed by atoms with van der Waals surface area (Å²) in [5, 5.41) is 2.46. The first-order chi connectivity index (χ1) is 19.9. The standard InChI is InChI=1S/C37H52O4Si/c1-26-29-18-19-33-35(5,6)37(39-22-23-40-37)21-20-36(33,7)31(29)24-32(38)30(26)25-41-42(34(2,3)4,27-14-10-8-11-15-27)28-16-12-9-13-17-28/h8-17,26,29-31,33H,18-25H2,1-7H3/t26?,29-,30?,31-,33-,36+/m0/s1. The van der Waals surface area contributed by atoms with Crippen LogP contribution in [0.2, 0.25) is 5.04 Å². The van der Waals surface area contributed by atoms with Gasteiger partial charge in [0.2, 0.25) is 0 Å². The average molecular weight is 589 g/mol. The summed E-state index contributed by atoms with van der Waals surface area (Å²) in [6, 6.07) is 21.6. The van der Waals surface area contributed by atoms with Crippen LogP contribution in [0, 0.1) is 40.4 Å². The maximum Gasteiger partial charge on any atom is 0.261 e. The zero-order chi connectivity index (χ0) is 30.0. The summed E-state index contributed by atoms with van der Waals surface area (Å²) in [6.07, 6.45) is 5.04. The van der Waals surface area contributed by atoms with Crippen molar-refractivity contribution in [2.24, 2.45) is 40.4 Å². The smallest absolute Gasteiger partial charge is 0.261 e. The second-order valence-corrected chi connectivity index (χ2v) is 20.0. The summed E-state index contributed by atoms with van der Waals surface area (Å²) < 4.78 is 20.0. The molecular weight excluding hydrogens is 536 g/mol. The third-order valence-electron chi connectivity index (χ3n) is 12.6. The normalized spacial score (nSPS) is 34.2. The Labute approximate surface area is 255 Å². The molecule has 4 nitrogen and oxygen atoms in total. The van der Waals surface area contributed by atoms with E-state index in [2.05, 4.69) is 109 Å². The minimum absolute atomic E-state index is 0.0579. The minimum Gasteiger partial charge on any atom is -0.407 e. The fourth-order valence-electron chi connectivity index (χ4n) is 10.4. The number of hydrogen-bond donors (Lipinski definition) is 0. The van der Waals surface area contributed by atoms with Crippen molar-refractivity contribution >= 4 is 24.5 Å². The molecule has 5 heteroatoms. The van der Waals surface area contributed by atoms with Gasteiger partial charge in [-0.15, -0.1) is 0 Å². The molecule has 1 spiro atoms. The third-order valence-corrected chi connectivity index (χ3v) is 17.6. The maximum absolute atomic E-state index is 14.2. The van der Waals surface area contributed by atoms with E-state index in [9.17, 15) is 4.79 Å². The highest BCUT2D eigenvalue weighted by Crippen LogP contribution is 2.68. The molecule has 6 atom stereocenters. The highest BCUT2D eigenvalue weighted by atomic mass is 28.4. The van der Waals surface area contributed by atoms with Gasteiger partial charge in [0.15, 0.2) is 5.79 Å². The molecule has 0 amide bonds. The number of fused-ring (bicyclic) bond motifs is 3. The Morgan fingerprint density at radius 3 is 2.00 bits per heavy atom. The first kappa shape index (κ1) is 30.2. The van der Waals surface area contributed by atoms with E-state index in [4.69, 9.17) is 13.9 Å². The van der Waals surface area contributed by atoms with Crippen LogP contribution >= 0.6 is 0 Å². The number of carbonyl (C=O) groups is 1. The fourth-order valence-corrected chi connectivity index (χ4v) is 15.0. The van der Waals surface area contributed by atoms with Gasteiger partial charge in [0, 0.05) is 30.8 Å². The van der Waals surface area contributed by atoms with Crippen LogP contribution in [-0.4, -0.2) is 39.7 Å². The Morgan fingerprint density at radius 1 is 0.881 bits per heavy atom. The topological polar surface area (TPSA) is 44.8 Å². The van der Waals surface area contributed by atoms with E-state index in [1.807, 2.05) is 0 Å². The van der Waals surface area contributed by atoms with Gasteiger partial charge in [0.25, 0.3) is 8.32 Å². The van der Waals surface area contributed by atoms with E-state index in [1.54, 1.807) is 0 Å². The number of benzene rings is 2. The molecule has 6 rings (SSSR count). The average Bonchev–Trinajstić information content (AvgIpc) is 3.45. The van der Waals surface area contributed by atoms with Gasteiger partial charge in [0.05, 0.1) is 13.2 Å². The predicted octanol–water partition coefficient (Wildman–Crippen LogP) is 7.00. The highest BCUT2D eigenvalue weighted by molar-refractivity contribution is 6.99. The lowest BCUT2D eigenvalue weighted by Gasteiger charge is -2.65. The zero-order valence-electron chi connectivity index (χ0n) is 27.0. The predicted molar refractivity (Wildman–Crippen MR) is 171 cm³/mol. The molecule has 3 saturated carbocycles. The largest absolute Gasteiger partial charge is 0.407 e. The molecule has 2 aromatic rings. The van der Waals surface area contributed by atoms with E-state index in [1.165, 1.54) is 23.2 Å². The molecular formula is C37H52O4Si. The van der Waals surface area contributed by atoms with Crippen LogP contribution in [0.15, 0.2) is 60.7 Å². The molecule has 1 aliphatic heterocycles. The summed E-state index contributed by atoms with van der Waals surface area (Å²) in [5.41, 5.74) is 0.0533. The van der Waals surface area contributed by atoms with Crippen molar-refractivity contribution in [2.75, 3.05) is 19.8 Å². The molecule has 228 valence electrons. The second-order valence-electron chi connectivity index (χ2n) is 15.7. The highest BCUT2D eigenvalue weighted by Gasteiger charge is 2.66. The Bertz CT molecular complexity index is 1220. The van der Waals surface area contributed by atoms with Crippen molar-refractivity contribution in [1.82, 2.24) is 0 Å². The number of ketones is 1. The van der Waals surface area contributed by atoms with Gasteiger partial charge in [-0.3, -0.25) is 4.79 Å². The molecule has 4 fully saturated rings. The van der Waals surface area contributed by atoms with Crippen molar-refractivity contribution in [3.63, 3.8) is 0 Å². The van der Waals surface area contributed by atoms with Crippen LogP contribution < -0.4 is 10.4 Å². The molecule has 2 aromatic carbocycles. The van der Waals surface area contributed by atoms with Gasteiger partial charge >= 0.3 is 0 Å². The van der Waals surface area contributed by atoms with Crippen molar-refractivity contribution in [3.05, 3.63) is 60.7 Å². The fraction of sp³-hybridized carbons (Fsp3) is 0.649. The van der Waals surface area contributed by atoms with Crippen LogP contribution in [-0.2, 0) is 18.7 Å². The molecule has 2 unspecified atom stereocenters. The summed E-state index contributed by atoms with van der Waals surface area (Å²) in [6.45, 7) is 18.4. The maximum atomic E-state index is 14.2. The van der Waals surface area contributed by atoms with Crippen LogP contribution in [0.4, 0.5) is 0 Å². The van der Waals surface area contributed by atoms with E-state index < -0.39 is 14.1 Å². The molecule has 4 aliphatic rings. The molecule has 42 heavy (non-hydrogen) atoms. The number of carbonyl (C=O) groups excluding carboxylic acids is 1. The molecule has 1 heterocycles. The Kier molecular flexibility index (Phi) is 7.69. The van der Waals surface area contributed by atoms with Gasteiger partial charge in [-0.1, -0.05) is 109 Å². The number of ether oxygens (including phenoxy) is 2. The first-order valence-electron chi connectivity index (χ1n) is 16.4. The summed E-state index contributed by atoms with van der Waals surface area (Å²) >= 11 is 0. The molecule has 1 saturated heterocycles. The van der Waals surface area contributed by atoms with Crippen LogP contribution in [0.3, 0.4) is 0 Å². The van der Waals surface area contributed by atoms with Gasteiger partial charge in [-0.05, 0) is 63.8 Å². The van der Waals surface area contributed by atoms with E-state index >= 15 is 0 Å². The number of Topliss-reactive ketones (excluding diaryl/α,β-unsaturated/α-hetero) is 1.